The Morgan fingerprint density at radius 2 is 0.205 bits per heavy atom. The van der Waals surface area contributed by atoms with E-state index in [1.54, 1.807) is 0 Å². The Labute approximate surface area is 293 Å². The smallest absolute Gasteiger partial charge is 1.00 e. The second kappa shape index (κ2) is 309. The number of rotatable bonds is 6. The average molecular weight is 803 g/mol. The molecule has 0 fully saturated rings. The molecule has 0 aromatic heterocycles. The Kier molecular flexibility index (Phi) is 1300. The molecule has 0 rings (SSSR count). The van der Waals surface area contributed by atoms with Gasteiger partial charge in [-0.3, -0.25) is 0 Å². The van der Waals surface area contributed by atoms with Crippen LogP contribution in [0.2, 0.25) is 0 Å². The van der Waals surface area contributed by atoms with Crippen LogP contribution in [0, 0.1) is 0 Å². The van der Waals surface area contributed by atoms with Crippen LogP contribution in [0.5, 0.6) is 0 Å². The van der Waals surface area contributed by atoms with Crippen molar-refractivity contribution in [1.29, 1.82) is 0 Å². The number of halogens is 6. The van der Waals surface area contributed by atoms with E-state index in [-0.39, 0.29) is 147 Å². The van der Waals surface area contributed by atoms with E-state index in [9.17, 15) is 0 Å². The van der Waals surface area contributed by atoms with Crippen molar-refractivity contribution in [2.45, 2.75) is 0 Å². The molecule has 0 aliphatic rings. The van der Waals surface area contributed by atoms with Crippen LogP contribution in [-0.2, 0) is 34.7 Å². The van der Waals surface area contributed by atoms with Crippen LogP contribution in [0.1, 0.15) is 0 Å². The third-order valence-electron chi connectivity index (χ3n) is 1.00. The van der Waals surface area contributed by atoms with Gasteiger partial charge in [0.1, 0.15) is 0 Å². The number of hydrogen-bond acceptors (Lipinski definition) is 12. The summed E-state index contributed by atoms with van der Waals surface area (Å²) in [4.78, 5) is 0. The van der Waals surface area contributed by atoms with E-state index in [1.165, 1.54) is 0 Å². The molecule has 0 saturated heterocycles. The zero-order valence-electron chi connectivity index (χ0n) is 22.0. The van der Waals surface area contributed by atoms with Crippen LogP contribution in [0.15, 0.2) is 0 Å². The summed E-state index contributed by atoms with van der Waals surface area (Å²) < 4.78 is 0. The van der Waals surface area contributed by atoms with Crippen molar-refractivity contribution >= 4 is 0 Å². The molecule has 2 radical (unpaired) electrons. The van der Waals surface area contributed by atoms with Crippen LogP contribution in [0.25, 0.3) is 0 Å². The van der Waals surface area contributed by atoms with Gasteiger partial charge < -0.3 is 182 Å². The van der Waals surface area contributed by atoms with Gasteiger partial charge in [-0.25, -0.2) is 0 Å². The summed E-state index contributed by atoms with van der Waals surface area (Å²) in [6.07, 6.45) is 0. The van der Waals surface area contributed by atoms with Crippen molar-refractivity contribution in [2.24, 2.45) is 68.8 Å². The van der Waals surface area contributed by atoms with Gasteiger partial charge in [0.2, 0.25) is 0 Å². The molecule has 19 nitrogen and oxygen atoms in total. The van der Waals surface area contributed by atoms with E-state index >= 15 is 0 Å². The fourth-order valence-corrected chi connectivity index (χ4v) is 0. The maximum atomic E-state index is 4.90. The van der Waals surface area contributed by atoms with Crippen LogP contribution in [0.4, 0.5) is 0 Å². The van der Waals surface area contributed by atoms with Crippen LogP contribution < -0.4 is 143 Å². The van der Waals surface area contributed by atoms with Crippen molar-refractivity contribution in [3.8, 4) is 0 Å². The monoisotopic (exact) mass is 800 g/mol. The second-order valence-electron chi connectivity index (χ2n) is 3.46. The molecule has 0 amide bonds. The Hall–Kier alpha value is 2.04. The molecule has 0 atom stereocenters. The molecular formula is C12H62Cl6Cr2N12O7. The first-order valence-corrected chi connectivity index (χ1v) is 7.90. The van der Waals surface area contributed by atoms with Gasteiger partial charge >= 0.3 is 34.7 Å². The summed E-state index contributed by atoms with van der Waals surface area (Å²) in [5, 5.41) is 0. The third kappa shape index (κ3) is 896. The molecule has 266 valence electrons. The Morgan fingerprint density at radius 3 is 0.205 bits per heavy atom. The molecule has 0 aliphatic carbocycles. The number of hydrogen-bond donors (Lipinski definition) is 12. The normalized spacial score (nSPS) is 4.62. The predicted octanol–water partition coefficient (Wildman–Crippen LogP) is -30.3. The molecule has 27 heteroatoms. The first kappa shape index (κ1) is 164. The van der Waals surface area contributed by atoms with Crippen LogP contribution >= 0.6 is 0 Å². The quantitative estimate of drug-likeness (QED) is 0.119. The van der Waals surface area contributed by atoms with Crippen molar-refractivity contribution in [3.05, 3.63) is 0 Å². The van der Waals surface area contributed by atoms with Crippen LogP contribution in [0.3, 0.4) is 0 Å². The molecule has 38 N–H and O–H groups in total. The van der Waals surface area contributed by atoms with E-state index in [4.69, 9.17) is 68.8 Å². The zero-order chi connectivity index (χ0) is 20.5. The second-order valence-corrected chi connectivity index (χ2v) is 3.46. The van der Waals surface area contributed by atoms with E-state index < -0.39 is 0 Å². The standard InChI is InChI=1S/6C2H8N2.6ClH.2Cr.7H2O/c6*3-1-2-4;;;;;;;;;;;;;;;/h6*1-4H2;6*1H;;;7*1H2/q;;;;;;;;;;;;2*+3;;;;;;;/p-6. The molecule has 0 aromatic carbocycles. The van der Waals surface area contributed by atoms with Crippen molar-refractivity contribution in [3.63, 3.8) is 0 Å². The molecule has 0 bridgehead atoms. The van der Waals surface area contributed by atoms with Crippen LogP contribution in [-0.4, -0.2) is 117 Å². The van der Waals surface area contributed by atoms with Crippen molar-refractivity contribution in [1.82, 2.24) is 0 Å². The minimum atomic E-state index is 0. The topological polar surface area (TPSA) is 533 Å². The summed E-state index contributed by atoms with van der Waals surface area (Å²) in [6.45, 7) is 7.17. The van der Waals surface area contributed by atoms with Crippen molar-refractivity contribution < 1.29 is 147 Å². The SMILES string of the molecule is NCCN.NCCN.NCCN.NCCN.NCCN.NCCN.O.O.O.O.O.O.O.[Cl-].[Cl-].[Cl-].[Cl-].[Cl-].[Cl-].[Cr+3].[Cr+3]. The maximum Gasteiger partial charge on any atom is 3.00 e. The van der Waals surface area contributed by atoms with Crippen molar-refractivity contribution in [2.75, 3.05) is 78.5 Å². The van der Waals surface area contributed by atoms with Gasteiger partial charge in [-0.15, -0.1) is 0 Å². The molecule has 39 heavy (non-hydrogen) atoms. The average Bonchev–Trinajstić information content (AvgIpc) is 2.68. The molecule has 0 aliphatic heterocycles. The van der Waals surface area contributed by atoms with Gasteiger partial charge in [0.25, 0.3) is 0 Å². The Morgan fingerprint density at radius 1 is 0.179 bits per heavy atom. The van der Waals surface area contributed by atoms with Gasteiger partial charge in [0.15, 0.2) is 0 Å². The molecule has 0 aromatic rings. The number of nitrogens with two attached hydrogens (primary N) is 12. The maximum absolute atomic E-state index is 4.90. The fourth-order valence-electron chi connectivity index (χ4n) is 0. The summed E-state index contributed by atoms with van der Waals surface area (Å²) in [7, 11) is 0. The van der Waals surface area contributed by atoms with Gasteiger partial charge in [-0.05, 0) is 0 Å². The van der Waals surface area contributed by atoms with Gasteiger partial charge in [0, 0.05) is 78.5 Å². The molecular weight excluding hydrogens is 741 g/mol. The summed E-state index contributed by atoms with van der Waals surface area (Å²) in [5.74, 6) is 0. The minimum Gasteiger partial charge on any atom is -1.00 e. The van der Waals surface area contributed by atoms with E-state index in [0.29, 0.717) is 78.5 Å². The zero-order valence-corrected chi connectivity index (χ0v) is 29.1. The Bertz CT molecular complexity index is 126. The van der Waals surface area contributed by atoms with Gasteiger partial charge in [-0.1, -0.05) is 0 Å². The molecule has 0 saturated carbocycles. The third-order valence-corrected chi connectivity index (χ3v) is 1.00. The van der Waals surface area contributed by atoms with Gasteiger partial charge in [-0.2, -0.15) is 0 Å². The summed E-state index contributed by atoms with van der Waals surface area (Å²) >= 11 is 0. The summed E-state index contributed by atoms with van der Waals surface area (Å²) in [6, 6.07) is 0. The van der Waals surface area contributed by atoms with Gasteiger partial charge in [0.05, 0.1) is 0 Å². The molecule has 0 unspecified atom stereocenters. The summed E-state index contributed by atoms with van der Waals surface area (Å²) in [5.41, 5.74) is 58.8. The molecule has 0 spiro atoms. The first-order chi connectivity index (χ1) is 11.5. The molecule has 0 heterocycles. The predicted molar refractivity (Wildman–Crippen MR) is 134 cm³/mol. The minimum absolute atomic E-state index is 0. The Balaban J connectivity index is -0.00000000487. The van der Waals surface area contributed by atoms with E-state index in [0.717, 1.165) is 0 Å². The van der Waals surface area contributed by atoms with E-state index in [2.05, 4.69) is 0 Å². The first-order valence-electron chi connectivity index (χ1n) is 7.90. The fraction of sp³-hybridized carbons (Fsp3) is 1.00. The largest absolute Gasteiger partial charge is 3.00 e. The van der Waals surface area contributed by atoms with E-state index in [1.807, 2.05) is 0 Å².